The van der Waals surface area contributed by atoms with Crippen LogP contribution in [0.2, 0.25) is 0 Å². The molecule has 0 saturated carbocycles. The number of aliphatic hydroxyl groups excluding tert-OH is 2. The molecule has 7 nitrogen and oxygen atoms in total. The van der Waals surface area contributed by atoms with Crippen LogP contribution in [0.15, 0.2) is 24.3 Å². The fraction of sp³-hybridized carbons (Fsp3) is 0.808. The van der Waals surface area contributed by atoms with Gasteiger partial charge < -0.3 is 35.4 Å². The summed E-state index contributed by atoms with van der Waals surface area (Å²) in [5.74, 6) is 0.329. The Bertz CT molecular complexity index is 416. The van der Waals surface area contributed by atoms with Crippen LogP contribution < -0.4 is 29.6 Å². The summed E-state index contributed by atoms with van der Waals surface area (Å²) in [6.45, 7) is 19.4. The molecule has 0 radical (unpaired) electrons. The number of methoxy groups -OCH3 is 3. The van der Waals surface area contributed by atoms with Crippen molar-refractivity contribution in [3.05, 3.63) is 24.3 Å². The van der Waals surface area contributed by atoms with Crippen molar-refractivity contribution in [2.24, 2.45) is 11.8 Å². The third-order valence-electron chi connectivity index (χ3n) is 2.87. The van der Waals surface area contributed by atoms with Crippen molar-refractivity contribution in [1.82, 2.24) is 0 Å². The number of aldehydes is 1. The van der Waals surface area contributed by atoms with Gasteiger partial charge in [-0.15, -0.1) is 32.4 Å². The number of halogens is 3. The van der Waals surface area contributed by atoms with Gasteiger partial charge in [0.2, 0.25) is 0 Å². The third-order valence-corrected chi connectivity index (χ3v) is 3.83. The summed E-state index contributed by atoms with van der Waals surface area (Å²) >= 11 is 12.7. The first-order valence-corrected chi connectivity index (χ1v) is 14.5. The van der Waals surface area contributed by atoms with E-state index in [9.17, 15) is 4.79 Å². The second-order valence-electron chi connectivity index (χ2n) is 7.21. The molecule has 0 aromatic carbocycles. The third kappa shape index (κ3) is 108. The van der Waals surface area contributed by atoms with Crippen LogP contribution in [0.1, 0.15) is 43.3 Å². The molecule has 0 bridgehead atoms. The minimum Gasteiger partial charge on any atom is -1.00 e. The van der Waals surface area contributed by atoms with Crippen LogP contribution in [-0.2, 0) is 23.7 Å². The molecular formula is C26H59BrCl2NaO7P. The average molecular weight is 690 g/mol. The Morgan fingerprint density at radius 3 is 1.55 bits per heavy atom. The Labute approximate surface area is 281 Å². The van der Waals surface area contributed by atoms with Crippen molar-refractivity contribution in [2.75, 3.05) is 85.4 Å². The molecule has 1 fully saturated rings. The molecule has 1 heterocycles. The summed E-state index contributed by atoms with van der Waals surface area (Å²) in [6, 6.07) is 0. The molecule has 1 aliphatic rings. The van der Waals surface area contributed by atoms with Crippen LogP contribution in [0.3, 0.4) is 0 Å². The molecule has 232 valence electrons. The molecular weight excluding hydrogens is 629 g/mol. The van der Waals surface area contributed by atoms with E-state index < -0.39 is 0 Å². The minimum absolute atomic E-state index is 0. The van der Waals surface area contributed by atoms with Crippen LogP contribution in [0.4, 0.5) is 0 Å². The Hall–Kier alpha value is 1.40. The number of ether oxygens (including phenoxy) is 4. The maximum atomic E-state index is 9.81. The van der Waals surface area contributed by atoms with E-state index in [2.05, 4.69) is 43.1 Å². The number of carbonyl (C=O) groups excluding carboxylic acids is 1. The molecule has 1 aliphatic heterocycles. The van der Waals surface area contributed by atoms with E-state index in [1.54, 1.807) is 21.3 Å². The van der Waals surface area contributed by atoms with E-state index in [1.165, 1.54) is 18.4 Å². The SMILES string of the molecule is C1CCOC1.C=C(C)CBr.C=C(C)COC.CO.COCC(C)C=O.COCC(C)CO.ClCCl.[2H]CP.[H-].[Na+]. The van der Waals surface area contributed by atoms with Gasteiger partial charge in [0, 0.05) is 66.8 Å². The Balaban J connectivity index is -0.0000000400. The predicted molar refractivity (Wildman–Crippen MR) is 172 cm³/mol. The van der Waals surface area contributed by atoms with E-state index in [0.29, 0.717) is 26.5 Å². The zero-order valence-corrected chi connectivity index (χ0v) is 31.8. The first kappa shape index (κ1) is 55.3. The molecule has 1 saturated heterocycles. The smallest absolute Gasteiger partial charge is 1.00 e. The van der Waals surface area contributed by atoms with Gasteiger partial charge in [-0.3, -0.25) is 0 Å². The summed E-state index contributed by atoms with van der Waals surface area (Å²) in [6.07, 6.45) is 3.43. The number of rotatable bonds is 9. The fourth-order valence-electron chi connectivity index (χ4n) is 1.40. The van der Waals surface area contributed by atoms with E-state index in [1.807, 2.05) is 27.7 Å². The Morgan fingerprint density at radius 2 is 1.47 bits per heavy atom. The van der Waals surface area contributed by atoms with Crippen molar-refractivity contribution >= 4 is 54.7 Å². The number of alkyl halides is 3. The Kier molecular flexibility index (Phi) is 97.0. The van der Waals surface area contributed by atoms with Gasteiger partial charge in [0.25, 0.3) is 0 Å². The monoisotopic (exact) mass is 687 g/mol. The topological polar surface area (TPSA) is 94.5 Å². The molecule has 38 heavy (non-hydrogen) atoms. The molecule has 3 atom stereocenters. The van der Waals surface area contributed by atoms with Crippen LogP contribution in [0.5, 0.6) is 0 Å². The van der Waals surface area contributed by atoms with Gasteiger partial charge >= 0.3 is 29.6 Å². The summed E-state index contributed by atoms with van der Waals surface area (Å²) in [7, 11) is 8.12. The molecule has 1 rings (SSSR count). The molecule has 3 unspecified atom stereocenters. The van der Waals surface area contributed by atoms with Crippen molar-refractivity contribution in [3.63, 3.8) is 0 Å². The van der Waals surface area contributed by atoms with Crippen LogP contribution in [0, 0.1) is 11.8 Å². The van der Waals surface area contributed by atoms with Crippen LogP contribution in [0.25, 0.3) is 0 Å². The first-order valence-electron chi connectivity index (χ1n) is 12.2. The number of carbonyl (C=O) groups is 1. The summed E-state index contributed by atoms with van der Waals surface area (Å²) in [5, 5.41) is 16.5. The molecule has 12 heteroatoms. The van der Waals surface area contributed by atoms with Crippen LogP contribution in [-0.4, -0.2) is 102 Å². The normalized spacial score (nSPS) is 11.7. The number of allylic oxidation sites excluding steroid dienone is 1. The van der Waals surface area contributed by atoms with E-state index >= 15 is 0 Å². The van der Waals surface area contributed by atoms with Crippen molar-refractivity contribution < 1.29 is 66.3 Å². The van der Waals surface area contributed by atoms with Crippen molar-refractivity contribution in [1.29, 1.82) is 0 Å². The number of aliphatic hydroxyl groups is 2. The van der Waals surface area contributed by atoms with Crippen molar-refractivity contribution in [3.8, 4) is 0 Å². The second-order valence-corrected chi connectivity index (χ2v) is 8.58. The summed E-state index contributed by atoms with van der Waals surface area (Å²) in [4.78, 5) is 9.81. The van der Waals surface area contributed by atoms with Gasteiger partial charge in [0.05, 0.1) is 25.2 Å². The molecule has 0 amide bonds. The number of hydrogen-bond donors (Lipinski definition) is 2. The van der Waals surface area contributed by atoms with E-state index in [0.717, 1.165) is 37.5 Å². The quantitative estimate of drug-likeness (QED) is 0.126. The van der Waals surface area contributed by atoms with Gasteiger partial charge in [-0.05, 0) is 26.7 Å². The first-order chi connectivity index (χ1) is 18.0. The van der Waals surface area contributed by atoms with Gasteiger partial charge in [-0.1, -0.05) is 60.7 Å². The molecule has 0 aromatic rings. The van der Waals surface area contributed by atoms with E-state index in [-0.39, 0.29) is 54.8 Å². The standard InChI is InChI=1S/C5H12O2.C5H10O2.C5H10O.C4H7Br.C4H8O.CH2Cl2.CH4O.CH5P.Na.H/c2*1-5(3-6)4-7-2;1-5(2)4-6-3;1-4(2)3-5;1-2-4-5-3-1;2-1-3;2*1-2;;/h5-6H,3-4H2,1-2H3;3,5H,4H2,1-2H3;1,4H2,2-3H3;1,3H2,2H3;1-4H2;1H2;2H,1H3;2H2,1H3;;/q;;;;;;;;+1;-1/i;;;;;;;1D;;. The van der Waals surface area contributed by atoms with Crippen LogP contribution >= 0.6 is 48.4 Å². The van der Waals surface area contributed by atoms with Gasteiger partial charge in [-0.2, -0.15) is 0 Å². The largest absolute Gasteiger partial charge is 1.00 e. The average Bonchev–Trinajstić information content (AvgIpc) is 3.48. The van der Waals surface area contributed by atoms with Gasteiger partial charge in [0.1, 0.15) is 6.29 Å². The maximum Gasteiger partial charge on any atom is 1.00 e. The fourth-order valence-corrected chi connectivity index (χ4v) is 1.40. The maximum absolute atomic E-state index is 9.81. The zero-order valence-electron chi connectivity index (χ0n) is 27.6. The molecule has 0 aliphatic carbocycles. The summed E-state index contributed by atoms with van der Waals surface area (Å²) in [5.41, 5.74) is 2.24. The molecule has 2 N–H and O–H groups in total. The molecule has 0 aromatic heterocycles. The number of hydrogen-bond acceptors (Lipinski definition) is 7. The van der Waals surface area contributed by atoms with Gasteiger partial charge in [0.15, 0.2) is 0 Å². The minimum atomic E-state index is 0. The predicted octanol–water partition coefficient (Wildman–Crippen LogP) is 3.33. The summed E-state index contributed by atoms with van der Waals surface area (Å²) < 4.78 is 25.2. The second kappa shape index (κ2) is 66.6. The molecule has 0 spiro atoms. The van der Waals surface area contributed by atoms with Crippen molar-refractivity contribution in [2.45, 2.75) is 40.5 Å². The Morgan fingerprint density at radius 1 is 1.11 bits per heavy atom. The zero-order chi connectivity index (χ0) is 31.6. The van der Waals surface area contributed by atoms with Gasteiger partial charge in [-0.25, -0.2) is 0 Å². The van der Waals surface area contributed by atoms with E-state index in [4.69, 9.17) is 49.0 Å².